The van der Waals surface area contributed by atoms with Crippen LogP contribution in [0.4, 0.5) is 17.1 Å². The quantitative estimate of drug-likeness (QED) is 0.208. The molecule has 0 aliphatic heterocycles. The molecule has 0 N–H and O–H groups in total. The molecule has 8 aromatic rings. The maximum atomic E-state index is 2.40. The van der Waals surface area contributed by atoms with Crippen LogP contribution in [0.1, 0.15) is 0 Å². The molecule has 0 spiro atoms. The van der Waals surface area contributed by atoms with Gasteiger partial charge < -0.3 is 4.90 Å². The SMILES string of the molecule is c1ccc(N(c2cccc(-c3cc4ccccc4c4ccccc34)c2)c2cc3ccccc3c3ccccc23)cc1. The minimum Gasteiger partial charge on any atom is -0.310 e. The predicted molar refractivity (Wildman–Crippen MR) is 177 cm³/mol. The van der Waals surface area contributed by atoms with Gasteiger partial charge in [0.25, 0.3) is 0 Å². The summed E-state index contributed by atoms with van der Waals surface area (Å²) in [5.41, 5.74) is 5.89. The standard InChI is InChI=1S/C40H27N/c1-2-16-31(17-3-1)41(40-27-30-14-5-7-20-34(30)36-22-10-11-24-38(36)40)32-18-12-15-28(25-32)39-26-29-13-4-6-19-33(29)35-21-8-9-23-37(35)39/h1-27H. The topological polar surface area (TPSA) is 3.24 Å². The van der Waals surface area contributed by atoms with Gasteiger partial charge in [-0.1, -0.05) is 127 Å². The molecule has 1 nitrogen and oxygen atoms in total. The molecule has 0 heterocycles. The van der Waals surface area contributed by atoms with Gasteiger partial charge in [0.15, 0.2) is 0 Å². The molecule has 8 aromatic carbocycles. The van der Waals surface area contributed by atoms with Crippen LogP contribution in [0.5, 0.6) is 0 Å². The molecule has 0 atom stereocenters. The minimum absolute atomic E-state index is 1.13. The van der Waals surface area contributed by atoms with E-state index in [0.29, 0.717) is 0 Å². The van der Waals surface area contributed by atoms with Gasteiger partial charge in [0.2, 0.25) is 0 Å². The maximum Gasteiger partial charge on any atom is 0.0546 e. The van der Waals surface area contributed by atoms with Crippen LogP contribution in [-0.4, -0.2) is 0 Å². The van der Waals surface area contributed by atoms with Gasteiger partial charge in [0.1, 0.15) is 0 Å². The summed E-state index contributed by atoms with van der Waals surface area (Å²) in [5.74, 6) is 0. The van der Waals surface area contributed by atoms with E-state index in [1.807, 2.05) is 0 Å². The van der Waals surface area contributed by atoms with Crippen LogP contribution >= 0.6 is 0 Å². The molecule has 0 saturated carbocycles. The molecule has 0 bridgehead atoms. The van der Waals surface area contributed by atoms with Crippen molar-refractivity contribution in [3.05, 3.63) is 164 Å². The Morgan fingerprint density at radius 2 is 0.829 bits per heavy atom. The van der Waals surface area contributed by atoms with Gasteiger partial charge in [-0.2, -0.15) is 0 Å². The number of rotatable bonds is 4. The molecule has 192 valence electrons. The molecule has 0 amide bonds. The van der Waals surface area contributed by atoms with Gasteiger partial charge in [-0.25, -0.2) is 0 Å². The smallest absolute Gasteiger partial charge is 0.0546 e. The van der Waals surface area contributed by atoms with Crippen molar-refractivity contribution in [2.75, 3.05) is 4.90 Å². The largest absolute Gasteiger partial charge is 0.310 e. The predicted octanol–water partition coefficient (Wildman–Crippen LogP) is 11.4. The van der Waals surface area contributed by atoms with Crippen LogP contribution in [0.25, 0.3) is 54.2 Å². The van der Waals surface area contributed by atoms with E-state index in [1.54, 1.807) is 0 Å². The Balaban J connectivity index is 1.40. The molecule has 1 heteroatoms. The Morgan fingerprint density at radius 3 is 1.54 bits per heavy atom. The second-order valence-corrected chi connectivity index (χ2v) is 10.6. The summed E-state index contributed by atoms with van der Waals surface area (Å²) in [5, 5.41) is 10.1. The molecule has 0 unspecified atom stereocenters. The van der Waals surface area contributed by atoms with Crippen LogP contribution in [0.2, 0.25) is 0 Å². The van der Waals surface area contributed by atoms with E-state index in [4.69, 9.17) is 0 Å². The number of hydrogen-bond acceptors (Lipinski definition) is 1. The third-order valence-electron chi connectivity index (χ3n) is 8.18. The Hall–Kier alpha value is -5.40. The third kappa shape index (κ3) is 3.94. The molecule has 0 fully saturated rings. The van der Waals surface area contributed by atoms with E-state index in [2.05, 4.69) is 169 Å². The van der Waals surface area contributed by atoms with E-state index < -0.39 is 0 Å². The van der Waals surface area contributed by atoms with E-state index in [1.165, 1.54) is 59.9 Å². The number of nitrogens with zero attached hydrogens (tertiary/aromatic N) is 1. The second kappa shape index (κ2) is 9.66. The van der Waals surface area contributed by atoms with Gasteiger partial charge in [0, 0.05) is 16.8 Å². The lowest BCUT2D eigenvalue weighted by molar-refractivity contribution is 1.30. The zero-order valence-corrected chi connectivity index (χ0v) is 22.5. The van der Waals surface area contributed by atoms with Gasteiger partial charge in [-0.3, -0.25) is 0 Å². The average Bonchev–Trinajstić information content (AvgIpc) is 3.05. The van der Waals surface area contributed by atoms with E-state index in [-0.39, 0.29) is 0 Å². The van der Waals surface area contributed by atoms with Crippen molar-refractivity contribution in [1.82, 2.24) is 0 Å². The number of fused-ring (bicyclic) bond motifs is 6. The summed E-state index contributed by atoms with van der Waals surface area (Å²) in [6.07, 6.45) is 0. The Kier molecular flexibility index (Phi) is 5.53. The summed E-state index contributed by atoms with van der Waals surface area (Å²) in [6, 6.07) is 59.3. The monoisotopic (exact) mass is 521 g/mol. The summed E-state index contributed by atoms with van der Waals surface area (Å²) >= 11 is 0. The Bertz CT molecular complexity index is 2210. The number of benzene rings is 8. The number of hydrogen-bond donors (Lipinski definition) is 0. The first-order chi connectivity index (χ1) is 20.3. The highest BCUT2D eigenvalue weighted by atomic mass is 15.1. The van der Waals surface area contributed by atoms with Crippen molar-refractivity contribution in [3.63, 3.8) is 0 Å². The zero-order valence-electron chi connectivity index (χ0n) is 22.5. The van der Waals surface area contributed by atoms with Crippen molar-refractivity contribution in [2.45, 2.75) is 0 Å². The van der Waals surface area contributed by atoms with Crippen molar-refractivity contribution in [2.24, 2.45) is 0 Å². The summed E-state index contributed by atoms with van der Waals surface area (Å²) < 4.78 is 0. The van der Waals surface area contributed by atoms with Crippen LogP contribution in [0, 0.1) is 0 Å². The van der Waals surface area contributed by atoms with Crippen LogP contribution in [0.15, 0.2) is 164 Å². The molecule has 0 aliphatic rings. The first-order valence-electron chi connectivity index (χ1n) is 14.1. The molecule has 0 aromatic heterocycles. The maximum absolute atomic E-state index is 2.40. The Labute approximate surface area is 239 Å². The highest BCUT2D eigenvalue weighted by Gasteiger charge is 2.18. The third-order valence-corrected chi connectivity index (χ3v) is 8.18. The van der Waals surface area contributed by atoms with Crippen LogP contribution in [0.3, 0.4) is 0 Å². The van der Waals surface area contributed by atoms with Gasteiger partial charge >= 0.3 is 0 Å². The fourth-order valence-corrected chi connectivity index (χ4v) is 6.33. The summed E-state index contributed by atoms with van der Waals surface area (Å²) in [4.78, 5) is 2.40. The molecular formula is C40H27N. The van der Waals surface area contributed by atoms with Crippen LogP contribution in [-0.2, 0) is 0 Å². The van der Waals surface area contributed by atoms with E-state index >= 15 is 0 Å². The van der Waals surface area contributed by atoms with Crippen molar-refractivity contribution >= 4 is 60.2 Å². The summed E-state index contributed by atoms with van der Waals surface area (Å²) in [6.45, 7) is 0. The molecule has 41 heavy (non-hydrogen) atoms. The average molecular weight is 522 g/mol. The summed E-state index contributed by atoms with van der Waals surface area (Å²) in [7, 11) is 0. The molecule has 0 aliphatic carbocycles. The van der Waals surface area contributed by atoms with E-state index in [0.717, 1.165) is 11.4 Å². The number of para-hydroxylation sites is 1. The lowest BCUT2D eigenvalue weighted by Crippen LogP contribution is -2.10. The fraction of sp³-hybridized carbons (Fsp3) is 0. The molecule has 8 rings (SSSR count). The van der Waals surface area contributed by atoms with Gasteiger partial charge in [0.05, 0.1) is 5.69 Å². The lowest BCUT2D eigenvalue weighted by atomic mass is 9.93. The minimum atomic E-state index is 1.13. The normalized spacial score (nSPS) is 11.4. The van der Waals surface area contributed by atoms with Crippen molar-refractivity contribution < 1.29 is 0 Å². The fourth-order valence-electron chi connectivity index (χ4n) is 6.33. The van der Waals surface area contributed by atoms with Gasteiger partial charge in [-0.15, -0.1) is 0 Å². The van der Waals surface area contributed by atoms with Crippen molar-refractivity contribution in [1.29, 1.82) is 0 Å². The first kappa shape index (κ1) is 23.5. The molecule has 0 saturated heterocycles. The molecule has 0 radical (unpaired) electrons. The van der Waals surface area contributed by atoms with Crippen molar-refractivity contribution in [3.8, 4) is 11.1 Å². The van der Waals surface area contributed by atoms with E-state index in [9.17, 15) is 0 Å². The number of anilines is 3. The first-order valence-corrected chi connectivity index (χ1v) is 14.1. The highest BCUT2D eigenvalue weighted by molar-refractivity contribution is 6.15. The zero-order chi connectivity index (χ0) is 27.2. The molecular weight excluding hydrogens is 494 g/mol. The highest BCUT2D eigenvalue weighted by Crippen LogP contribution is 2.43. The second-order valence-electron chi connectivity index (χ2n) is 10.6. The van der Waals surface area contributed by atoms with Crippen LogP contribution < -0.4 is 4.90 Å². The lowest BCUT2D eigenvalue weighted by Gasteiger charge is -2.28. The van der Waals surface area contributed by atoms with Gasteiger partial charge in [-0.05, 0) is 85.2 Å². The Morgan fingerprint density at radius 1 is 0.317 bits per heavy atom.